The molecule has 0 aliphatic carbocycles. The van der Waals surface area contributed by atoms with Crippen molar-refractivity contribution in [1.82, 2.24) is 24.6 Å². The maximum atomic E-state index is 14.6. The van der Waals surface area contributed by atoms with Gasteiger partial charge in [-0.05, 0) is 69.2 Å². The van der Waals surface area contributed by atoms with Gasteiger partial charge in [-0.15, -0.1) is 0 Å². The number of nitrogens with zero attached hydrogens (tertiary/aromatic N) is 4. The number of piperidine rings is 1. The first-order valence-corrected chi connectivity index (χ1v) is 15.9. The highest BCUT2D eigenvalue weighted by Crippen LogP contribution is 2.27. The molecule has 0 bridgehead atoms. The first-order chi connectivity index (χ1) is 21.4. The number of hydrogen-bond acceptors (Lipinski definition) is 5. The minimum absolute atomic E-state index is 0.192. The van der Waals surface area contributed by atoms with Crippen molar-refractivity contribution < 1.29 is 9.18 Å². The molecule has 44 heavy (non-hydrogen) atoms. The minimum atomic E-state index is -0.429. The first-order valence-electron chi connectivity index (χ1n) is 15.9. The van der Waals surface area contributed by atoms with Crippen LogP contribution in [0.2, 0.25) is 0 Å². The molecule has 0 saturated carbocycles. The fourth-order valence-electron chi connectivity index (χ4n) is 6.88. The summed E-state index contributed by atoms with van der Waals surface area (Å²) in [7, 11) is 2.19. The third kappa shape index (κ3) is 6.34. The Labute approximate surface area is 258 Å². The molecule has 2 saturated heterocycles. The van der Waals surface area contributed by atoms with Crippen LogP contribution in [0.4, 0.5) is 4.39 Å². The van der Waals surface area contributed by atoms with E-state index in [0.29, 0.717) is 46.7 Å². The molecule has 1 aromatic heterocycles. The maximum absolute atomic E-state index is 14.6. The van der Waals surface area contributed by atoms with Crippen LogP contribution in [0, 0.1) is 5.82 Å². The van der Waals surface area contributed by atoms with E-state index in [-0.39, 0.29) is 17.5 Å². The summed E-state index contributed by atoms with van der Waals surface area (Å²) in [5.41, 5.74) is 2.25. The van der Waals surface area contributed by atoms with Gasteiger partial charge in [0.2, 0.25) is 0 Å². The molecule has 6 rings (SSSR count). The molecule has 7 nitrogen and oxygen atoms in total. The third-order valence-corrected chi connectivity index (χ3v) is 9.38. The normalized spacial score (nSPS) is 18.0. The summed E-state index contributed by atoms with van der Waals surface area (Å²) in [6.45, 7) is 8.26. The quantitative estimate of drug-likeness (QED) is 0.303. The van der Waals surface area contributed by atoms with Gasteiger partial charge >= 0.3 is 0 Å². The van der Waals surface area contributed by atoms with Crippen LogP contribution < -0.4 is 10.9 Å². The monoisotopic (exact) mass is 595 g/mol. The topological polar surface area (TPSA) is 60.8 Å². The molecule has 0 spiro atoms. The molecule has 8 heteroatoms. The minimum Gasteiger partial charge on any atom is -0.345 e. The van der Waals surface area contributed by atoms with E-state index in [1.165, 1.54) is 25.0 Å². The van der Waals surface area contributed by atoms with Gasteiger partial charge in [-0.25, -0.2) is 4.39 Å². The number of benzene rings is 3. The Morgan fingerprint density at radius 3 is 2.25 bits per heavy atom. The molecule has 230 valence electrons. The van der Waals surface area contributed by atoms with Gasteiger partial charge in [0, 0.05) is 49.5 Å². The standard InChI is InChI=1S/C36H42FN5O2/c1-3-32(26-10-5-4-6-11-26)38-35(43)34-30-14-7-8-15-31(30)36(44)42(29-13-9-12-27(37)24-29)33(34)25-40-20-22-41(23-21-40)28-16-18-39(2)19-17-28/h4-15,24,28,32H,3,16-23,25H2,1-2H3,(H,38,43)/t32-/m0/s1. The average molecular weight is 596 g/mol. The van der Waals surface area contributed by atoms with E-state index in [4.69, 9.17) is 0 Å². The van der Waals surface area contributed by atoms with E-state index < -0.39 is 5.82 Å². The number of aromatic nitrogens is 1. The lowest BCUT2D eigenvalue weighted by molar-refractivity contribution is 0.0609. The Hall–Kier alpha value is -3.85. The summed E-state index contributed by atoms with van der Waals surface area (Å²) in [5.74, 6) is -0.664. The van der Waals surface area contributed by atoms with Crippen molar-refractivity contribution in [1.29, 1.82) is 0 Å². The summed E-state index contributed by atoms with van der Waals surface area (Å²) in [6, 6.07) is 23.7. The van der Waals surface area contributed by atoms with Gasteiger partial charge in [-0.1, -0.05) is 61.5 Å². The predicted octanol–water partition coefficient (Wildman–Crippen LogP) is 5.22. The molecule has 2 fully saturated rings. The highest BCUT2D eigenvalue weighted by Gasteiger charge is 2.30. The van der Waals surface area contributed by atoms with Crippen molar-refractivity contribution >= 4 is 16.7 Å². The fourth-order valence-corrected chi connectivity index (χ4v) is 6.88. The number of amides is 1. The number of pyridine rings is 1. The highest BCUT2D eigenvalue weighted by molar-refractivity contribution is 6.08. The Balaban J connectivity index is 1.40. The smallest absolute Gasteiger partial charge is 0.263 e. The number of halogens is 1. The molecular weight excluding hydrogens is 553 g/mol. The van der Waals surface area contributed by atoms with Gasteiger partial charge in [-0.2, -0.15) is 0 Å². The Morgan fingerprint density at radius 2 is 1.57 bits per heavy atom. The van der Waals surface area contributed by atoms with Crippen LogP contribution in [0.25, 0.3) is 16.5 Å². The molecule has 1 N–H and O–H groups in total. The number of rotatable bonds is 8. The molecular formula is C36H42FN5O2. The number of carbonyl (C=O) groups is 1. The van der Waals surface area contributed by atoms with Crippen LogP contribution in [0.3, 0.4) is 0 Å². The summed E-state index contributed by atoms with van der Waals surface area (Å²) in [5, 5.41) is 4.32. The molecule has 2 aliphatic heterocycles. The summed E-state index contributed by atoms with van der Waals surface area (Å²) >= 11 is 0. The maximum Gasteiger partial charge on any atom is 0.263 e. The number of likely N-dealkylation sites (tertiary alicyclic amines) is 1. The largest absolute Gasteiger partial charge is 0.345 e. The second-order valence-electron chi connectivity index (χ2n) is 12.2. The van der Waals surface area contributed by atoms with Crippen molar-refractivity contribution in [3.63, 3.8) is 0 Å². The van der Waals surface area contributed by atoms with Gasteiger partial charge in [-0.3, -0.25) is 24.0 Å². The summed E-state index contributed by atoms with van der Waals surface area (Å²) in [6.07, 6.45) is 3.08. The van der Waals surface area contributed by atoms with Crippen molar-refractivity contribution in [3.05, 3.63) is 112 Å². The molecule has 0 unspecified atom stereocenters. The lowest BCUT2D eigenvalue weighted by Gasteiger charge is -2.42. The van der Waals surface area contributed by atoms with E-state index in [9.17, 15) is 14.0 Å². The van der Waals surface area contributed by atoms with Crippen molar-refractivity contribution in [3.8, 4) is 5.69 Å². The van der Waals surface area contributed by atoms with Crippen molar-refractivity contribution in [2.24, 2.45) is 0 Å². The number of carbonyl (C=O) groups excluding carboxylic acids is 1. The number of fused-ring (bicyclic) bond motifs is 1. The lowest BCUT2D eigenvalue weighted by Crippen LogP contribution is -2.52. The average Bonchev–Trinajstić information content (AvgIpc) is 3.05. The zero-order valence-corrected chi connectivity index (χ0v) is 25.7. The molecule has 3 heterocycles. The van der Waals surface area contributed by atoms with Crippen LogP contribution in [-0.4, -0.2) is 77.5 Å². The van der Waals surface area contributed by atoms with E-state index in [1.807, 2.05) is 48.5 Å². The van der Waals surface area contributed by atoms with Crippen molar-refractivity contribution in [2.45, 2.75) is 44.8 Å². The number of piperazine rings is 1. The van der Waals surface area contributed by atoms with Crippen LogP contribution in [-0.2, 0) is 6.54 Å². The SMILES string of the molecule is CC[C@H](NC(=O)c1c(CN2CCN(C3CCN(C)CC3)CC2)n(-c2cccc(F)c2)c(=O)c2ccccc12)c1ccccc1. The van der Waals surface area contributed by atoms with E-state index >= 15 is 0 Å². The zero-order chi connectivity index (χ0) is 30.6. The molecule has 0 radical (unpaired) electrons. The Morgan fingerprint density at radius 1 is 0.886 bits per heavy atom. The second kappa shape index (κ2) is 13.4. The van der Waals surface area contributed by atoms with Crippen LogP contribution in [0.5, 0.6) is 0 Å². The Kier molecular flexibility index (Phi) is 9.21. The van der Waals surface area contributed by atoms with Gasteiger partial charge in [0.05, 0.1) is 23.0 Å². The summed E-state index contributed by atoms with van der Waals surface area (Å²) in [4.78, 5) is 35.8. The highest BCUT2D eigenvalue weighted by atomic mass is 19.1. The molecule has 3 aromatic carbocycles. The van der Waals surface area contributed by atoms with Crippen molar-refractivity contribution in [2.75, 3.05) is 46.3 Å². The van der Waals surface area contributed by atoms with Gasteiger partial charge in [0.1, 0.15) is 5.82 Å². The first kappa shape index (κ1) is 30.2. The summed E-state index contributed by atoms with van der Waals surface area (Å²) < 4.78 is 16.1. The van der Waals surface area contributed by atoms with E-state index in [2.05, 4.69) is 34.0 Å². The fraction of sp³-hybridized carbons (Fsp3) is 0.389. The van der Waals surface area contributed by atoms with Crippen LogP contribution >= 0.6 is 0 Å². The van der Waals surface area contributed by atoms with Gasteiger partial charge < -0.3 is 10.2 Å². The molecule has 4 aromatic rings. The predicted molar refractivity (Wildman–Crippen MR) is 174 cm³/mol. The number of nitrogens with one attached hydrogen (secondary N) is 1. The Bertz CT molecular complexity index is 1660. The number of hydrogen-bond donors (Lipinski definition) is 1. The zero-order valence-electron chi connectivity index (χ0n) is 25.7. The van der Waals surface area contributed by atoms with E-state index in [0.717, 1.165) is 44.8 Å². The van der Waals surface area contributed by atoms with Crippen LogP contribution in [0.1, 0.15) is 53.8 Å². The lowest BCUT2D eigenvalue weighted by atomic mass is 9.99. The molecule has 1 atom stereocenters. The third-order valence-electron chi connectivity index (χ3n) is 9.38. The molecule has 1 amide bonds. The van der Waals surface area contributed by atoms with E-state index in [1.54, 1.807) is 22.8 Å². The van der Waals surface area contributed by atoms with Gasteiger partial charge in [0.25, 0.3) is 11.5 Å². The molecule has 2 aliphatic rings. The van der Waals surface area contributed by atoms with Gasteiger partial charge in [0.15, 0.2) is 0 Å². The van der Waals surface area contributed by atoms with Crippen LogP contribution in [0.15, 0.2) is 83.7 Å². The second-order valence-corrected chi connectivity index (χ2v) is 12.2.